The van der Waals surface area contributed by atoms with Gasteiger partial charge in [0.15, 0.2) is 11.7 Å². The molecule has 0 saturated carbocycles. The van der Waals surface area contributed by atoms with E-state index in [1.54, 1.807) is 6.21 Å². The summed E-state index contributed by atoms with van der Waals surface area (Å²) in [5.41, 5.74) is 6.86. The van der Waals surface area contributed by atoms with E-state index in [2.05, 4.69) is 38.1 Å². The third kappa shape index (κ3) is 4.36. The Morgan fingerprint density at radius 2 is 2.03 bits per heavy atom. The van der Waals surface area contributed by atoms with Gasteiger partial charge in [0.2, 0.25) is 5.96 Å². The molecule has 0 aromatic carbocycles. The van der Waals surface area contributed by atoms with E-state index < -0.39 is 5.60 Å². The minimum atomic E-state index is -0.501. The SMILES string of the molecule is C=NC(=Nc1c(C(C)N2CCOCC2)nc2n1CCOC2(C)C)C1=CCN=C(N)N=C1. The Morgan fingerprint density at radius 1 is 1.26 bits per heavy atom. The normalized spacial score (nSPS) is 22.9. The van der Waals surface area contributed by atoms with Crippen molar-refractivity contribution in [1.29, 1.82) is 0 Å². The molecule has 2 N–H and O–H groups in total. The summed E-state index contributed by atoms with van der Waals surface area (Å²) >= 11 is 0. The van der Waals surface area contributed by atoms with Crippen LogP contribution in [0.2, 0.25) is 0 Å². The summed E-state index contributed by atoms with van der Waals surface area (Å²) in [6.07, 6.45) is 3.52. The first-order chi connectivity index (χ1) is 14.9. The molecule has 0 radical (unpaired) electrons. The van der Waals surface area contributed by atoms with E-state index >= 15 is 0 Å². The first-order valence-electron chi connectivity index (χ1n) is 10.6. The molecule has 1 unspecified atom stereocenters. The topological polar surface area (TPSA) is 115 Å². The summed E-state index contributed by atoms with van der Waals surface area (Å²) in [6, 6.07) is 0.0679. The number of hydrogen-bond acceptors (Lipinski definition) is 8. The van der Waals surface area contributed by atoms with Gasteiger partial charge in [-0.2, -0.15) is 0 Å². The number of amidine groups is 1. The van der Waals surface area contributed by atoms with Gasteiger partial charge in [-0.3, -0.25) is 4.90 Å². The van der Waals surface area contributed by atoms with E-state index in [-0.39, 0.29) is 12.0 Å². The monoisotopic (exact) mass is 426 g/mol. The van der Waals surface area contributed by atoms with Crippen molar-refractivity contribution in [1.82, 2.24) is 14.5 Å². The van der Waals surface area contributed by atoms with Crippen LogP contribution in [0.5, 0.6) is 0 Å². The van der Waals surface area contributed by atoms with Gasteiger partial charge in [-0.1, -0.05) is 6.08 Å². The number of ether oxygens (including phenoxy) is 2. The van der Waals surface area contributed by atoms with Crippen molar-refractivity contribution in [2.75, 3.05) is 39.5 Å². The average molecular weight is 427 g/mol. The van der Waals surface area contributed by atoms with Crippen LogP contribution in [-0.2, 0) is 21.6 Å². The molecule has 3 aliphatic heterocycles. The third-order valence-electron chi connectivity index (χ3n) is 5.79. The number of guanidine groups is 1. The number of rotatable bonds is 4. The van der Waals surface area contributed by atoms with Crippen LogP contribution in [0.4, 0.5) is 5.82 Å². The standard InChI is InChI=1S/C21H30N8O2/c1-14(28-7-10-30-11-8-28)16-18(29-9-12-31-21(2,3)19(29)26-16)27-17(23-4)15-5-6-24-20(22)25-13-15/h5,13-14H,4,6-12H2,1-3H3,(H2,22,24). The summed E-state index contributed by atoms with van der Waals surface area (Å²) in [5.74, 6) is 2.35. The molecule has 0 bridgehead atoms. The van der Waals surface area contributed by atoms with Crippen molar-refractivity contribution in [3.8, 4) is 0 Å². The van der Waals surface area contributed by atoms with Crippen molar-refractivity contribution in [2.45, 2.75) is 39.0 Å². The highest BCUT2D eigenvalue weighted by Crippen LogP contribution is 2.38. The molecule has 166 valence electrons. The Balaban J connectivity index is 1.80. The largest absolute Gasteiger partial charge is 0.379 e. The molecule has 4 heterocycles. The molecule has 10 nitrogen and oxygen atoms in total. The van der Waals surface area contributed by atoms with Gasteiger partial charge in [0.25, 0.3) is 0 Å². The molecule has 1 atom stereocenters. The summed E-state index contributed by atoms with van der Waals surface area (Å²) in [7, 11) is 0. The van der Waals surface area contributed by atoms with Gasteiger partial charge in [0, 0.05) is 31.4 Å². The second-order valence-electron chi connectivity index (χ2n) is 8.19. The van der Waals surface area contributed by atoms with E-state index in [9.17, 15) is 0 Å². The Morgan fingerprint density at radius 3 is 2.77 bits per heavy atom. The van der Waals surface area contributed by atoms with Gasteiger partial charge >= 0.3 is 0 Å². The van der Waals surface area contributed by atoms with Crippen molar-refractivity contribution in [3.05, 3.63) is 23.2 Å². The number of nitrogens with zero attached hydrogens (tertiary/aromatic N) is 7. The van der Waals surface area contributed by atoms with Crippen LogP contribution in [0.3, 0.4) is 0 Å². The van der Waals surface area contributed by atoms with Gasteiger partial charge in [-0.25, -0.2) is 25.0 Å². The first kappa shape index (κ1) is 21.5. The van der Waals surface area contributed by atoms with Crippen LogP contribution < -0.4 is 5.73 Å². The lowest BCUT2D eigenvalue weighted by atomic mass is 10.1. The molecule has 4 rings (SSSR count). The van der Waals surface area contributed by atoms with Gasteiger partial charge in [-0.15, -0.1) is 0 Å². The quantitative estimate of drug-likeness (QED) is 0.580. The van der Waals surface area contributed by atoms with Crippen LogP contribution in [0.1, 0.15) is 38.3 Å². The molecule has 31 heavy (non-hydrogen) atoms. The van der Waals surface area contributed by atoms with Crippen molar-refractivity contribution >= 4 is 30.5 Å². The molecule has 0 aliphatic carbocycles. The molecule has 0 amide bonds. The number of aromatic nitrogens is 2. The van der Waals surface area contributed by atoms with E-state index in [0.717, 1.165) is 49.2 Å². The number of imidazole rings is 1. The summed E-state index contributed by atoms with van der Waals surface area (Å²) in [5, 5.41) is 0. The number of morpholine rings is 1. The molecular weight excluding hydrogens is 396 g/mol. The molecule has 0 spiro atoms. The number of aliphatic imine (C=N–C) groups is 4. The Kier molecular flexibility index (Phi) is 6.12. The zero-order chi connectivity index (χ0) is 22.0. The number of fused-ring (bicyclic) bond motifs is 1. The second-order valence-corrected chi connectivity index (χ2v) is 8.19. The highest BCUT2D eigenvalue weighted by Gasteiger charge is 2.36. The van der Waals surface area contributed by atoms with Gasteiger partial charge in [0.1, 0.15) is 17.1 Å². The zero-order valence-electron chi connectivity index (χ0n) is 18.4. The lowest BCUT2D eigenvalue weighted by molar-refractivity contribution is -0.0536. The maximum absolute atomic E-state index is 6.00. The zero-order valence-corrected chi connectivity index (χ0v) is 18.4. The van der Waals surface area contributed by atoms with Gasteiger partial charge in [0.05, 0.1) is 32.4 Å². The van der Waals surface area contributed by atoms with E-state index in [1.807, 2.05) is 19.9 Å². The molecule has 10 heteroatoms. The maximum atomic E-state index is 6.00. The average Bonchev–Trinajstić information content (AvgIpc) is 3.00. The van der Waals surface area contributed by atoms with Crippen molar-refractivity contribution < 1.29 is 9.47 Å². The fourth-order valence-electron chi connectivity index (χ4n) is 4.03. The molecule has 1 fully saturated rings. The number of nitrogens with two attached hydrogens (primary N) is 1. The highest BCUT2D eigenvalue weighted by atomic mass is 16.5. The predicted molar refractivity (Wildman–Crippen MR) is 122 cm³/mol. The van der Waals surface area contributed by atoms with Crippen molar-refractivity contribution in [3.63, 3.8) is 0 Å². The molecule has 1 aromatic rings. The molecule has 3 aliphatic rings. The Labute approximate surface area is 182 Å². The predicted octanol–water partition coefficient (Wildman–Crippen LogP) is 1.60. The minimum Gasteiger partial charge on any atom is -0.379 e. The summed E-state index contributed by atoms with van der Waals surface area (Å²) < 4.78 is 13.7. The van der Waals surface area contributed by atoms with E-state index in [4.69, 9.17) is 25.2 Å². The smallest absolute Gasteiger partial charge is 0.215 e. The lowest BCUT2D eigenvalue weighted by Gasteiger charge is -2.31. The van der Waals surface area contributed by atoms with Crippen LogP contribution in [-0.4, -0.2) is 78.6 Å². The van der Waals surface area contributed by atoms with Crippen molar-refractivity contribution in [2.24, 2.45) is 25.7 Å². The summed E-state index contributed by atoms with van der Waals surface area (Å²) in [6.45, 7) is 14.8. The van der Waals surface area contributed by atoms with Crippen LogP contribution in [0.25, 0.3) is 0 Å². The van der Waals surface area contributed by atoms with Crippen LogP contribution in [0.15, 0.2) is 31.6 Å². The van der Waals surface area contributed by atoms with Crippen LogP contribution >= 0.6 is 0 Å². The Bertz CT molecular complexity index is 966. The van der Waals surface area contributed by atoms with E-state index in [1.165, 1.54) is 0 Å². The first-order valence-corrected chi connectivity index (χ1v) is 10.6. The van der Waals surface area contributed by atoms with Gasteiger partial charge < -0.3 is 19.8 Å². The molecule has 1 saturated heterocycles. The summed E-state index contributed by atoms with van der Waals surface area (Å²) in [4.78, 5) is 24.8. The third-order valence-corrected chi connectivity index (χ3v) is 5.79. The maximum Gasteiger partial charge on any atom is 0.215 e. The van der Waals surface area contributed by atoms with Crippen LogP contribution in [0, 0.1) is 0 Å². The minimum absolute atomic E-state index is 0.0679. The van der Waals surface area contributed by atoms with E-state index in [0.29, 0.717) is 25.5 Å². The second kappa shape index (κ2) is 8.81. The number of hydrogen-bond donors (Lipinski definition) is 1. The fraction of sp³-hybridized carbons (Fsp3) is 0.571. The Hall–Kier alpha value is -2.69. The lowest BCUT2D eigenvalue weighted by Crippen LogP contribution is -2.38. The molecular formula is C21H30N8O2. The fourth-order valence-corrected chi connectivity index (χ4v) is 4.03. The van der Waals surface area contributed by atoms with Gasteiger partial charge in [-0.05, 0) is 27.5 Å². The molecule has 1 aromatic heterocycles. The highest BCUT2D eigenvalue weighted by molar-refractivity contribution is 6.18.